The van der Waals surface area contributed by atoms with E-state index in [1.54, 1.807) is 28.4 Å². The highest BCUT2D eigenvalue weighted by molar-refractivity contribution is 9.10. The summed E-state index contributed by atoms with van der Waals surface area (Å²) in [5, 5.41) is 4.10. The van der Waals surface area contributed by atoms with Crippen molar-refractivity contribution in [2.75, 3.05) is 6.61 Å². The van der Waals surface area contributed by atoms with Gasteiger partial charge in [0.2, 0.25) is 0 Å². The van der Waals surface area contributed by atoms with E-state index in [1.165, 1.54) is 11.3 Å². The number of aromatic nitrogens is 3. The molecule has 0 aliphatic heterocycles. The van der Waals surface area contributed by atoms with Crippen LogP contribution in [0.25, 0.3) is 10.2 Å². The third-order valence-corrected chi connectivity index (χ3v) is 5.20. The Bertz CT molecular complexity index is 1030. The number of benzene rings is 1. The molecule has 0 saturated heterocycles. The number of halogens is 1. The van der Waals surface area contributed by atoms with E-state index >= 15 is 0 Å². The van der Waals surface area contributed by atoms with Crippen molar-refractivity contribution in [2.45, 2.75) is 26.9 Å². The van der Waals surface area contributed by atoms with Gasteiger partial charge >= 0.3 is 5.97 Å². The van der Waals surface area contributed by atoms with Gasteiger partial charge in [-0.15, -0.1) is 0 Å². The van der Waals surface area contributed by atoms with Crippen LogP contribution in [-0.4, -0.2) is 32.8 Å². The number of rotatable bonds is 5. The largest absolute Gasteiger partial charge is 0.465 e. The van der Waals surface area contributed by atoms with Crippen molar-refractivity contribution in [1.82, 2.24) is 14.3 Å². The van der Waals surface area contributed by atoms with Crippen LogP contribution in [0.1, 0.15) is 24.3 Å². The van der Waals surface area contributed by atoms with Crippen LogP contribution in [0, 0.1) is 0 Å². The average molecular weight is 437 g/mol. The van der Waals surface area contributed by atoms with Gasteiger partial charge in [0.15, 0.2) is 4.80 Å². The Morgan fingerprint density at radius 1 is 1.31 bits per heavy atom. The molecule has 2 heterocycles. The highest BCUT2D eigenvalue weighted by Gasteiger charge is 2.15. The zero-order valence-corrected chi connectivity index (χ0v) is 16.7. The highest BCUT2D eigenvalue weighted by Crippen LogP contribution is 2.22. The molecule has 3 aromatic rings. The molecule has 3 rings (SSSR count). The third-order valence-electron chi connectivity index (χ3n) is 3.67. The number of hydrogen-bond acceptors (Lipinski definition) is 5. The molecular formula is C17H17BrN4O3S. The lowest BCUT2D eigenvalue weighted by molar-refractivity contribution is -0.143. The predicted molar refractivity (Wildman–Crippen MR) is 102 cm³/mol. The second-order valence-corrected chi connectivity index (χ2v) is 7.26. The molecule has 0 fully saturated rings. The van der Waals surface area contributed by atoms with Gasteiger partial charge in [0.1, 0.15) is 12.2 Å². The Balaban J connectivity index is 2.11. The first-order valence-electron chi connectivity index (χ1n) is 8.08. The predicted octanol–water partition coefficient (Wildman–Crippen LogP) is 2.99. The van der Waals surface area contributed by atoms with Crippen LogP contribution < -0.4 is 4.80 Å². The van der Waals surface area contributed by atoms with E-state index < -0.39 is 5.91 Å². The minimum Gasteiger partial charge on any atom is -0.465 e. The zero-order chi connectivity index (χ0) is 18.7. The first-order chi connectivity index (χ1) is 12.5. The van der Waals surface area contributed by atoms with E-state index in [-0.39, 0.29) is 12.5 Å². The fourth-order valence-electron chi connectivity index (χ4n) is 2.53. The molecule has 0 N–H and O–H groups in total. The van der Waals surface area contributed by atoms with Crippen LogP contribution in [0.3, 0.4) is 0 Å². The van der Waals surface area contributed by atoms with Crippen molar-refractivity contribution in [3.8, 4) is 0 Å². The van der Waals surface area contributed by atoms with Crippen LogP contribution in [0.4, 0.5) is 0 Å². The standard InChI is InChI=1S/C17H17BrN4O3S/c1-3-22-13(7-8-19-22)16(24)20-17-21(10-15(23)25-4-2)12-6-5-11(18)9-14(12)26-17/h5-9H,3-4,10H2,1-2H3. The van der Waals surface area contributed by atoms with E-state index in [4.69, 9.17) is 4.74 Å². The third kappa shape index (κ3) is 3.78. The summed E-state index contributed by atoms with van der Waals surface area (Å²) < 4.78 is 10.2. The molecule has 1 aromatic carbocycles. The van der Waals surface area contributed by atoms with E-state index in [9.17, 15) is 9.59 Å². The lowest BCUT2D eigenvalue weighted by Crippen LogP contribution is -2.23. The van der Waals surface area contributed by atoms with Crippen LogP contribution in [-0.2, 0) is 22.6 Å². The summed E-state index contributed by atoms with van der Waals surface area (Å²) in [4.78, 5) is 29.3. The van der Waals surface area contributed by atoms with Crippen molar-refractivity contribution in [2.24, 2.45) is 4.99 Å². The number of ether oxygens (including phenoxy) is 1. The van der Waals surface area contributed by atoms with Gasteiger partial charge in [-0.1, -0.05) is 27.3 Å². The Hall–Kier alpha value is -2.26. The summed E-state index contributed by atoms with van der Waals surface area (Å²) >= 11 is 4.79. The fourth-order valence-corrected chi connectivity index (χ4v) is 4.11. The first-order valence-corrected chi connectivity index (χ1v) is 9.69. The Morgan fingerprint density at radius 3 is 2.85 bits per heavy atom. The Labute approximate surface area is 162 Å². The zero-order valence-electron chi connectivity index (χ0n) is 14.3. The molecule has 7 nitrogen and oxygen atoms in total. The molecule has 0 saturated carbocycles. The van der Waals surface area contributed by atoms with Gasteiger partial charge in [-0.2, -0.15) is 10.1 Å². The van der Waals surface area contributed by atoms with Crippen molar-refractivity contribution >= 4 is 49.4 Å². The van der Waals surface area contributed by atoms with E-state index in [2.05, 4.69) is 26.0 Å². The Morgan fingerprint density at radius 2 is 2.12 bits per heavy atom. The van der Waals surface area contributed by atoms with Gasteiger partial charge in [0.05, 0.1) is 16.8 Å². The SMILES string of the molecule is CCOC(=O)Cn1c(=NC(=O)c2ccnn2CC)sc2cc(Br)ccc21. The molecule has 136 valence electrons. The summed E-state index contributed by atoms with van der Waals surface area (Å²) in [7, 11) is 0. The van der Waals surface area contributed by atoms with Gasteiger partial charge in [-0.25, -0.2) is 0 Å². The lowest BCUT2D eigenvalue weighted by Gasteiger charge is -2.05. The molecule has 0 unspecified atom stereocenters. The van der Waals surface area contributed by atoms with Gasteiger partial charge in [-0.3, -0.25) is 14.3 Å². The lowest BCUT2D eigenvalue weighted by atomic mass is 10.3. The number of nitrogens with zero attached hydrogens (tertiary/aromatic N) is 4. The maximum Gasteiger partial charge on any atom is 0.326 e. The van der Waals surface area contributed by atoms with Gasteiger partial charge in [0.25, 0.3) is 5.91 Å². The minimum absolute atomic E-state index is 0.00533. The maximum atomic E-state index is 12.6. The summed E-state index contributed by atoms with van der Waals surface area (Å²) in [5.41, 5.74) is 1.23. The van der Waals surface area contributed by atoms with Crippen LogP contribution in [0.5, 0.6) is 0 Å². The molecule has 0 aliphatic rings. The normalized spacial score (nSPS) is 11.9. The van der Waals surface area contributed by atoms with Crippen LogP contribution >= 0.6 is 27.3 Å². The van der Waals surface area contributed by atoms with Crippen LogP contribution in [0.2, 0.25) is 0 Å². The first kappa shape index (κ1) is 18.5. The van der Waals surface area contributed by atoms with Crippen molar-refractivity contribution in [3.63, 3.8) is 0 Å². The van der Waals surface area contributed by atoms with Gasteiger partial charge in [-0.05, 0) is 38.1 Å². The van der Waals surface area contributed by atoms with E-state index in [0.717, 1.165) is 14.7 Å². The number of esters is 1. The monoisotopic (exact) mass is 436 g/mol. The number of fused-ring (bicyclic) bond motifs is 1. The molecule has 1 amide bonds. The van der Waals surface area contributed by atoms with Gasteiger partial charge in [0, 0.05) is 17.2 Å². The number of hydrogen-bond donors (Lipinski definition) is 0. The average Bonchev–Trinajstić information content (AvgIpc) is 3.20. The molecule has 0 spiro atoms. The van der Waals surface area contributed by atoms with Gasteiger partial charge < -0.3 is 9.30 Å². The smallest absolute Gasteiger partial charge is 0.326 e. The quantitative estimate of drug-likeness (QED) is 0.575. The van der Waals surface area contributed by atoms with Crippen molar-refractivity contribution in [1.29, 1.82) is 0 Å². The molecule has 0 atom stereocenters. The highest BCUT2D eigenvalue weighted by atomic mass is 79.9. The molecule has 9 heteroatoms. The minimum atomic E-state index is -0.396. The molecule has 0 radical (unpaired) electrons. The summed E-state index contributed by atoms with van der Waals surface area (Å²) in [6, 6.07) is 7.33. The summed E-state index contributed by atoms with van der Waals surface area (Å²) in [5.74, 6) is -0.768. The molecular weight excluding hydrogens is 420 g/mol. The second-order valence-electron chi connectivity index (χ2n) is 5.34. The summed E-state index contributed by atoms with van der Waals surface area (Å²) in [6.07, 6.45) is 1.57. The summed E-state index contributed by atoms with van der Waals surface area (Å²) in [6.45, 7) is 4.53. The molecule has 26 heavy (non-hydrogen) atoms. The topological polar surface area (TPSA) is 78.5 Å². The number of amides is 1. The van der Waals surface area contributed by atoms with E-state index in [1.807, 2.05) is 25.1 Å². The fraction of sp³-hybridized carbons (Fsp3) is 0.294. The maximum absolute atomic E-state index is 12.6. The second kappa shape index (κ2) is 7.96. The van der Waals surface area contributed by atoms with Crippen LogP contribution in [0.15, 0.2) is 39.9 Å². The molecule has 2 aromatic heterocycles. The molecule has 0 bridgehead atoms. The van der Waals surface area contributed by atoms with Crippen molar-refractivity contribution < 1.29 is 14.3 Å². The number of aryl methyl sites for hydroxylation is 1. The number of thiazole rings is 1. The van der Waals surface area contributed by atoms with E-state index in [0.29, 0.717) is 23.6 Å². The number of carbonyl (C=O) groups is 2. The number of carbonyl (C=O) groups excluding carboxylic acids is 2. The molecule has 0 aliphatic carbocycles. The van der Waals surface area contributed by atoms with Crippen molar-refractivity contribution in [3.05, 3.63) is 45.4 Å². The Kier molecular flexibility index (Phi) is 5.67.